The first-order chi connectivity index (χ1) is 14.3. The summed E-state index contributed by atoms with van der Waals surface area (Å²) < 4.78 is 17.6. The van der Waals surface area contributed by atoms with Gasteiger partial charge in [-0.1, -0.05) is 43.2 Å². The van der Waals surface area contributed by atoms with Gasteiger partial charge in [-0.25, -0.2) is 0 Å². The van der Waals surface area contributed by atoms with Crippen LogP contribution in [0, 0.1) is 5.92 Å². The maximum atomic E-state index is 6.36. The van der Waals surface area contributed by atoms with Crippen LogP contribution in [0.3, 0.4) is 0 Å². The van der Waals surface area contributed by atoms with Crippen molar-refractivity contribution in [1.29, 1.82) is 0 Å². The van der Waals surface area contributed by atoms with Gasteiger partial charge in [0, 0.05) is 43.9 Å². The van der Waals surface area contributed by atoms with Crippen molar-refractivity contribution >= 4 is 24.8 Å². The van der Waals surface area contributed by atoms with Gasteiger partial charge in [0.15, 0.2) is 11.5 Å². The van der Waals surface area contributed by atoms with Crippen LogP contribution in [-0.2, 0) is 6.61 Å². The minimum Gasteiger partial charge on any atom is -0.493 e. The van der Waals surface area contributed by atoms with E-state index in [0.29, 0.717) is 18.4 Å². The second kappa shape index (κ2) is 12.4. The SMILES string of the molecule is COc1cc(OCc2ccccc2)c([C@@H](CC2CC2)N2CCNCC2)cc1OC.Cl.Cl. The first-order valence-corrected chi connectivity index (χ1v) is 10.7. The molecular weight excluding hydrogens is 435 g/mol. The largest absolute Gasteiger partial charge is 0.493 e. The molecule has 1 saturated heterocycles. The highest BCUT2D eigenvalue weighted by Crippen LogP contribution is 2.45. The van der Waals surface area contributed by atoms with Crippen LogP contribution in [0.1, 0.15) is 36.4 Å². The van der Waals surface area contributed by atoms with Gasteiger partial charge in [-0.2, -0.15) is 0 Å². The lowest BCUT2D eigenvalue weighted by Crippen LogP contribution is -2.45. The molecule has 1 aliphatic heterocycles. The molecule has 0 unspecified atom stereocenters. The zero-order valence-corrected chi connectivity index (χ0v) is 20.0. The minimum absolute atomic E-state index is 0. The molecule has 2 aromatic rings. The summed E-state index contributed by atoms with van der Waals surface area (Å²) in [5.74, 6) is 3.20. The molecule has 0 spiro atoms. The number of nitrogens with zero attached hydrogens (tertiary/aromatic N) is 1. The quantitative estimate of drug-likeness (QED) is 0.568. The molecule has 172 valence electrons. The number of hydrogen-bond acceptors (Lipinski definition) is 5. The summed E-state index contributed by atoms with van der Waals surface area (Å²) in [6, 6.07) is 14.8. The van der Waals surface area contributed by atoms with Crippen LogP contribution in [0.25, 0.3) is 0 Å². The van der Waals surface area contributed by atoms with E-state index >= 15 is 0 Å². The lowest BCUT2D eigenvalue weighted by molar-refractivity contribution is 0.155. The monoisotopic (exact) mass is 468 g/mol. The van der Waals surface area contributed by atoms with Crippen molar-refractivity contribution in [3.05, 3.63) is 53.6 Å². The van der Waals surface area contributed by atoms with Crippen LogP contribution in [-0.4, -0.2) is 45.3 Å². The predicted molar refractivity (Wildman–Crippen MR) is 129 cm³/mol. The topological polar surface area (TPSA) is 43.0 Å². The summed E-state index contributed by atoms with van der Waals surface area (Å²) in [5, 5.41) is 3.47. The Balaban J connectivity index is 0.00000171. The number of nitrogens with one attached hydrogen (secondary N) is 1. The third-order valence-corrected chi connectivity index (χ3v) is 5.96. The van der Waals surface area contributed by atoms with Crippen molar-refractivity contribution in [2.24, 2.45) is 5.92 Å². The zero-order valence-electron chi connectivity index (χ0n) is 18.3. The molecule has 0 aromatic heterocycles. The third kappa shape index (κ3) is 6.66. The highest BCUT2D eigenvalue weighted by molar-refractivity contribution is 5.85. The van der Waals surface area contributed by atoms with Crippen LogP contribution in [0.4, 0.5) is 0 Å². The fourth-order valence-electron chi connectivity index (χ4n) is 4.13. The summed E-state index contributed by atoms with van der Waals surface area (Å²) in [6.45, 7) is 4.73. The maximum Gasteiger partial charge on any atom is 0.164 e. The van der Waals surface area contributed by atoms with E-state index in [1.165, 1.54) is 24.8 Å². The zero-order chi connectivity index (χ0) is 20.1. The molecule has 4 rings (SSSR count). The average Bonchev–Trinajstić information content (AvgIpc) is 3.61. The van der Waals surface area contributed by atoms with Gasteiger partial charge in [0.2, 0.25) is 0 Å². The van der Waals surface area contributed by atoms with E-state index in [0.717, 1.165) is 49.2 Å². The summed E-state index contributed by atoms with van der Waals surface area (Å²) >= 11 is 0. The Labute approximate surface area is 198 Å². The first kappa shape index (κ1) is 25.6. The third-order valence-electron chi connectivity index (χ3n) is 5.96. The molecule has 2 aliphatic rings. The number of hydrogen-bond donors (Lipinski definition) is 1. The number of rotatable bonds is 9. The first-order valence-electron chi connectivity index (χ1n) is 10.7. The van der Waals surface area contributed by atoms with Gasteiger partial charge in [-0.05, 0) is 24.0 Å². The standard InChI is InChI=1S/C24H32N2O3.2ClH/c1-27-23-15-20(21(14-18-8-9-18)26-12-10-25-11-13-26)22(16-24(23)28-2)29-17-19-6-4-3-5-7-19;;/h3-7,15-16,18,21,25H,8-14,17H2,1-2H3;2*1H/t21-;;/m1../s1. The molecule has 2 aromatic carbocycles. The molecule has 1 atom stereocenters. The van der Waals surface area contributed by atoms with Gasteiger partial charge in [0.25, 0.3) is 0 Å². The Morgan fingerprint density at radius 2 is 1.58 bits per heavy atom. The van der Waals surface area contributed by atoms with Crippen molar-refractivity contribution in [3.63, 3.8) is 0 Å². The lowest BCUT2D eigenvalue weighted by atomic mass is 9.97. The molecule has 5 nitrogen and oxygen atoms in total. The highest BCUT2D eigenvalue weighted by atomic mass is 35.5. The van der Waals surface area contributed by atoms with Crippen LogP contribution >= 0.6 is 24.8 Å². The Kier molecular flexibility index (Phi) is 10.2. The molecule has 2 fully saturated rings. The summed E-state index contributed by atoms with van der Waals surface area (Å²) in [5.41, 5.74) is 2.38. The van der Waals surface area contributed by atoms with Crippen LogP contribution < -0.4 is 19.5 Å². The van der Waals surface area contributed by atoms with Crippen LogP contribution in [0.15, 0.2) is 42.5 Å². The molecular formula is C24H34Cl2N2O3. The van der Waals surface area contributed by atoms with Crippen molar-refractivity contribution in [1.82, 2.24) is 10.2 Å². The van der Waals surface area contributed by atoms with Gasteiger partial charge < -0.3 is 19.5 Å². The van der Waals surface area contributed by atoms with Gasteiger partial charge in [0.05, 0.1) is 14.2 Å². The Morgan fingerprint density at radius 1 is 0.935 bits per heavy atom. The van der Waals surface area contributed by atoms with E-state index in [1.807, 2.05) is 24.3 Å². The Hall–Kier alpha value is -1.66. The molecule has 1 saturated carbocycles. The van der Waals surface area contributed by atoms with E-state index < -0.39 is 0 Å². The van der Waals surface area contributed by atoms with E-state index in [1.54, 1.807) is 14.2 Å². The molecule has 0 bridgehead atoms. The van der Waals surface area contributed by atoms with Crippen molar-refractivity contribution in [3.8, 4) is 17.2 Å². The second-order valence-electron chi connectivity index (χ2n) is 8.00. The molecule has 31 heavy (non-hydrogen) atoms. The maximum absolute atomic E-state index is 6.36. The number of methoxy groups -OCH3 is 2. The second-order valence-corrected chi connectivity index (χ2v) is 8.00. The van der Waals surface area contributed by atoms with E-state index in [9.17, 15) is 0 Å². The fourth-order valence-corrected chi connectivity index (χ4v) is 4.13. The molecule has 0 amide bonds. The van der Waals surface area contributed by atoms with E-state index in [2.05, 4.69) is 28.4 Å². The van der Waals surface area contributed by atoms with E-state index in [4.69, 9.17) is 14.2 Å². The molecule has 1 aliphatic carbocycles. The van der Waals surface area contributed by atoms with Gasteiger partial charge in [0.1, 0.15) is 12.4 Å². The normalized spacial score (nSPS) is 17.1. The fraction of sp³-hybridized carbons (Fsp3) is 0.500. The molecule has 0 radical (unpaired) electrons. The predicted octanol–water partition coefficient (Wildman–Crippen LogP) is 4.87. The smallest absolute Gasteiger partial charge is 0.164 e. The van der Waals surface area contributed by atoms with Crippen molar-refractivity contribution < 1.29 is 14.2 Å². The van der Waals surface area contributed by atoms with Gasteiger partial charge in [-0.15, -0.1) is 24.8 Å². The molecule has 7 heteroatoms. The Morgan fingerprint density at radius 3 is 2.19 bits per heavy atom. The number of benzene rings is 2. The number of ether oxygens (including phenoxy) is 3. The Bertz CT molecular complexity index is 797. The summed E-state index contributed by atoms with van der Waals surface area (Å²) in [6.07, 6.45) is 3.86. The molecule has 1 heterocycles. The average molecular weight is 469 g/mol. The van der Waals surface area contributed by atoms with Crippen LogP contribution in [0.5, 0.6) is 17.2 Å². The van der Waals surface area contributed by atoms with Gasteiger partial charge in [-0.3, -0.25) is 4.90 Å². The summed E-state index contributed by atoms with van der Waals surface area (Å²) in [7, 11) is 3.38. The lowest BCUT2D eigenvalue weighted by Gasteiger charge is -2.36. The number of halogens is 2. The minimum atomic E-state index is 0. The van der Waals surface area contributed by atoms with Crippen molar-refractivity contribution in [2.45, 2.75) is 31.9 Å². The van der Waals surface area contributed by atoms with E-state index in [-0.39, 0.29) is 24.8 Å². The summed E-state index contributed by atoms with van der Waals surface area (Å²) in [4.78, 5) is 2.60. The van der Waals surface area contributed by atoms with Gasteiger partial charge >= 0.3 is 0 Å². The molecule has 1 N–H and O–H groups in total. The highest BCUT2D eigenvalue weighted by Gasteiger charge is 2.33. The van der Waals surface area contributed by atoms with Crippen LogP contribution in [0.2, 0.25) is 0 Å². The number of piperazine rings is 1. The van der Waals surface area contributed by atoms with Crippen molar-refractivity contribution in [2.75, 3.05) is 40.4 Å².